The summed E-state index contributed by atoms with van der Waals surface area (Å²) in [5.74, 6) is -1.73. The number of alkyl halides is 2. The van der Waals surface area contributed by atoms with Crippen LogP contribution in [0.1, 0.15) is 20.7 Å². The van der Waals surface area contributed by atoms with Gasteiger partial charge in [0, 0.05) is 18.0 Å². The van der Waals surface area contributed by atoms with Crippen LogP contribution in [0.3, 0.4) is 0 Å². The Labute approximate surface area is 193 Å². The van der Waals surface area contributed by atoms with Gasteiger partial charge in [-0.2, -0.15) is 8.78 Å². The van der Waals surface area contributed by atoms with Crippen LogP contribution in [0.2, 0.25) is 0 Å². The van der Waals surface area contributed by atoms with E-state index < -0.39 is 18.5 Å². The van der Waals surface area contributed by atoms with E-state index in [1.54, 1.807) is 30.5 Å². The average molecular weight is 460 g/mol. The van der Waals surface area contributed by atoms with Crippen molar-refractivity contribution in [3.8, 4) is 28.0 Å². The number of hydrogen-bond acceptors (Lipinski definition) is 4. The Morgan fingerprint density at radius 1 is 0.824 bits per heavy atom. The highest BCUT2D eigenvalue weighted by Gasteiger charge is 2.16. The number of aromatic nitrogens is 1. The largest absolute Gasteiger partial charge is 0.478 e. The van der Waals surface area contributed by atoms with Gasteiger partial charge in [-0.25, -0.2) is 4.79 Å². The van der Waals surface area contributed by atoms with Gasteiger partial charge in [-0.05, 0) is 47.0 Å². The van der Waals surface area contributed by atoms with E-state index in [1.165, 1.54) is 30.5 Å². The van der Waals surface area contributed by atoms with E-state index in [1.807, 2.05) is 30.3 Å². The molecule has 0 atom stereocenters. The molecule has 0 fully saturated rings. The molecule has 1 aromatic heterocycles. The van der Waals surface area contributed by atoms with E-state index >= 15 is 0 Å². The number of nitrogens with one attached hydrogen (secondary N) is 1. The summed E-state index contributed by atoms with van der Waals surface area (Å²) in [7, 11) is 0. The first-order chi connectivity index (χ1) is 16.4. The number of halogens is 2. The first-order valence-electron chi connectivity index (χ1n) is 10.1. The van der Waals surface area contributed by atoms with Crippen LogP contribution in [0.5, 0.6) is 5.75 Å². The number of ether oxygens (including phenoxy) is 1. The normalized spacial score (nSPS) is 10.7. The van der Waals surface area contributed by atoms with Gasteiger partial charge in [-0.1, -0.05) is 48.5 Å². The van der Waals surface area contributed by atoms with Gasteiger partial charge >= 0.3 is 12.6 Å². The van der Waals surface area contributed by atoms with Crippen molar-refractivity contribution < 1.29 is 28.2 Å². The zero-order chi connectivity index (χ0) is 24.1. The van der Waals surface area contributed by atoms with Crippen molar-refractivity contribution in [2.45, 2.75) is 6.61 Å². The smallest absolute Gasteiger partial charge is 0.387 e. The molecule has 1 amide bonds. The average Bonchev–Trinajstić information content (AvgIpc) is 2.84. The Kier molecular flexibility index (Phi) is 6.59. The zero-order valence-corrected chi connectivity index (χ0v) is 17.6. The molecule has 0 spiro atoms. The maximum atomic E-state index is 12.9. The Balaban J connectivity index is 1.62. The maximum Gasteiger partial charge on any atom is 0.387 e. The molecule has 170 valence electrons. The summed E-state index contributed by atoms with van der Waals surface area (Å²) in [6, 6.07) is 21.4. The van der Waals surface area contributed by atoms with E-state index in [0.29, 0.717) is 11.1 Å². The molecule has 34 heavy (non-hydrogen) atoms. The van der Waals surface area contributed by atoms with Crippen molar-refractivity contribution in [3.63, 3.8) is 0 Å². The fraction of sp³-hybridized carbons (Fsp3) is 0.0385. The third kappa shape index (κ3) is 5.24. The summed E-state index contributed by atoms with van der Waals surface area (Å²) in [4.78, 5) is 28.8. The molecule has 3 aromatic carbocycles. The maximum absolute atomic E-state index is 12.9. The minimum atomic E-state index is -2.93. The van der Waals surface area contributed by atoms with Crippen molar-refractivity contribution in [3.05, 3.63) is 102 Å². The number of pyridine rings is 1. The molecule has 0 aliphatic heterocycles. The van der Waals surface area contributed by atoms with Gasteiger partial charge in [0.1, 0.15) is 5.75 Å². The lowest BCUT2D eigenvalue weighted by Crippen LogP contribution is -2.15. The van der Waals surface area contributed by atoms with Crippen LogP contribution < -0.4 is 10.1 Å². The standard InChI is InChI=1S/C26H18F2N2O4/c27-26(28)34-21-9-6-17(7-10-21)18-8-11-22(25(32)33)23(13-18)30-24(31)20-12-19(14-29-15-20)16-4-2-1-3-5-16/h1-15,26H,(H,30,31)(H,32,33). The fourth-order valence-corrected chi connectivity index (χ4v) is 3.39. The van der Waals surface area contributed by atoms with Crippen molar-refractivity contribution in [1.82, 2.24) is 4.98 Å². The molecule has 0 aliphatic carbocycles. The second-order valence-electron chi connectivity index (χ2n) is 7.25. The predicted octanol–water partition coefficient (Wildman–Crippen LogP) is 5.97. The third-order valence-electron chi connectivity index (χ3n) is 5.02. The lowest BCUT2D eigenvalue weighted by atomic mass is 10.0. The number of carboxylic acid groups (broad SMARTS) is 1. The Hall–Kier alpha value is -4.59. The van der Waals surface area contributed by atoms with Gasteiger partial charge in [-0.3, -0.25) is 9.78 Å². The van der Waals surface area contributed by atoms with E-state index in [0.717, 1.165) is 11.1 Å². The van der Waals surface area contributed by atoms with E-state index in [4.69, 9.17) is 0 Å². The highest BCUT2D eigenvalue weighted by atomic mass is 19.3. The Morgan fingerprint density at radius 2 is 1.50 bits per heavy atom. The molecule has 0 saturated carbocycles. The minimum absolute atomic E-state index is 0.000213. The van der Waals surface area contributed by atoms with Gasteiger partial charge in [0.2, 0.25) is 0 Å². The van der Waals surface area contributed by atoms with Gasteiger partial charge in [0.25, 0.3) is 5.91 Å². The summed E-state index contributed by atoms with van der Waals surface area (Å²) in [5.41, 5.74) is 3.09. The molecule has 0 radical (unpaired) electrons. The molecular weight excluding hydrogens is 442 g/mol. The first kappa shape index (κ1) is 22.6. The number of hydrogen-bond donors (Lipinski definition) is 2. The highest BCUT2D eigenvalue weighted by molar-refractivity contribution is 6.08. The predicted molar refractivity (Wildman–Crippen MR) is 123 cm³/mol. The zero-order valence-electron chi connectivity index (χ0n) is 17.6. The van der Waals surface area contributed by atoms with Crippen molar-refractivity contribution in [2.75, 3.05) is 5.32 Å². The number of rotatable bonds is 7. The van der Waals surface area contributed by atoms with Crippen LogP contribution >= 0.6 is 0 Å². The lowest BCUT2D eigenvalue weighted by Gasteiger charge is -2.12. The van der Waals surface area contributed by atoms with E-state index in [2.05, 4.69) is 15.0 Å². The van der Waals surface area contributed by atoms with Gasteiger partial charge in [0.05, 0.1) is 16.8 Å². The first-order valence-corrected chi connectivity index (χ1v) is 10.1. The van der Waals surface area contributed by atoms with Crippen molar-refractivity contribution >= 4 is 17.6 Å². The second-order valence-corrected chi connectivity index (χ2v) is 7.25. The summed E-state index contributed by atoms with van der Waals surface area (Å²) in [6.45, 7) is -2.93. The topological polar surface area (TPSA) is 88.5 Å². The molecule has 2 N–H and O–H groups in total. The number of carbonyl (C=O) groups excluding carboxylic acids is 1. The number of carboxylic acids is 1. The van der Waals surface area contributed by atoms with E-state index in [9.17, 15) is 23.5 Å². The third-order valence-corrected chi connectivity index (χ3v) is 5.02. The monoisotopic (exact) mass is 460 g/mol. The minimum Gasteiger partial charge on any atom is -0.478 e. The Bertz CT molecular complexity index is 1330. The van der Waals surface area contributed by atoms with E-state index in [-0.39, 0.29) is 22.6 Å². The highest BCUT2D eigenvalue weighted by Crippen LogP contribution is 2.28. The van der Waals surface area contributed by atoms with Crippen LogP contribution in [0.15, 0.2) is 91.3 Å². The molecule has 0 bridgehead atoms. The molecule has 0 saturated heterocycles. The SMILES string of the molecule is O=C(Nc1cc(-c2ccc(OC(F)F)cc2)ccc1C(=O)O)c1cncc(-c2ccccc2)c1. The van der Waals surface area contributed by atoms with Crippen LogP contribution in [-0.2, 0) is 0 Å². The van der Waals surface area contributed by atoms with Crippen LogP contribution in [-0.4, -0.2) is 28.6 Å². The van der Waals surface area contributed by atoms with Crippen LogP contribution in [0.25, 0.3) is 22.3 Å². The number of aromatic carboxylic acids is 1. The molecule has 0 unspecified atom stereocenters. The lowest BCUT2D eigenvalue weighted by molar-refractivity contribution is -0.0498. The molecule has 1 heterocycles. The molecule has 6 nitrogen and oxygen atoms in total. The number of benzene rings is 3. The summed E-state index contributed by atoms with van der Waals surface area (Å²) >= 11 is 0. The number of amides is 1. The molecule has 4 aromatic rings. The number of anilines is 1. The molecule has 8 heteroatoms. The second kappa shape index (κ2) is 9.91. The number of carbonyl (C=O) groups is 2. The fourth-order valence-electron chi connectivity index (χ4n) is 3.39. The summed E-state index contributed by atoms with van der Waals surface area (Å²) < 4.78 is 29.1. The van der Waals surface area contributed by atoms with Crippen LogP contribution in [0, 0.1) is 0 Å². The van der Waals surface area contributed by atoms with Gasteiger partial charge < -0.3 is 15.2 Å². The van der Waals surface area contributed by atoms with Crippen molar-refractivity contribution in [1.29, 1.82) is 0 Å². The molecule has 4 rings (SSSR count). The van der Waals surface area contributed by atoms with Gasteiger partial charge in [0.15, 0.2) is 0 Å². The molecule has 0 aliphatic rings. The van der Waals surface area contributed by atoms with Crippen molar-refractivity contribution in [2.24, 2.45) is 0 Å². The number of nitrogens with zero attached hydrogens (tertiary/aromatic N) is 1. The van der Waals surface area contributed by atoms with Crippen LogP contribution in [0.4, 0.5) is 14.5 Å². The summed E-state index contributed by atoms with van der Waals surface area (Å²) in [6.07, 6.45) is 3.03. The summed E-state index contributed by atoms with van der Waals surface area (Å²) in [5, 5.41) is 12.2. The molecular formula is C26H18F2N2O4. The van der Waals surface area contributed by atoms with Gasteiger partial charge in [-0.15, -0.1) is 0 Å². The quantitative estimate of drug-likeness (QED) is 0.355. The Morgan fingerprint density at radius 3 is 2.18 bits per heavy atom.